The van der Waals surface area contributed by atoms with Crippen LogP contribution in [-0.4, -0.2) is 26.2 Å². The quantitative estimate of drug-likeness (QED) is 0.584. The Kier molecular flexibility index (Phi) is 4.63. The lowest BCUT2D eigenvalue weighted by atomic mass is 10.2. The third kappa shape index (κ3) is 4.44. The van der Waals surface area contributed by atoms with E-state index >= 15 is 0 Å². The molecule has 1 aliphatic carbocycles. The van der Waals surface area contributed by atoms with Gasteiger partial charge in [-0.05, 0) is 37.0 Å². The molecule has 0 aliphatic heterocycles. The average Bonchev–Trinajstić information content (AvgIpc) is 3.19. The minimum absolute atomic E-state index is 0.0975. The van der Waals surface area contributed by atoms with Crippen LogP contribution in [0.15, 0.2) is 18.2 Å². The van der Waals surface area contributed by atoms with Crippen molar-refractivity contribution < 1.29 is 14.3 Å². The van der Waals surface area contributed by atoms with Gasteiger partial charge in [0.25, 0.3) is 0 Å². The van der Waals surface area contributed by atoms with E-state index in [-0.39, 0.29) is 5.91 Å². The van der Waals surface area contributed by atoms with Crippen LogP contribution in [0.3, 0.4) is 0 Å². The molecule has 1 aliphatic rings. The summed E-state index contributed by atoms with van der Waals surface area (Å²) in [4.78, 5) is 11.8. The van der Waals surface area contributed by atoms with Crippen molar-refractivity contribution in [1.82, 2.24) is 0 Å². The van der Waals surface area contributed by atoms with Crippen LogP contribution in [0.4, 0.5) is 11.4 Å². The molecule has 0 aromatic heterocycles. The van der Waals surface area contributed by atoms with Gasteiger partial charge in [-0.25, -0.2) is 0 Å². The number of hydrogen-bond acceptors (Lipinski definition) is 4. The van der Waals surface area contributed by atoms with Crippen LogP contribution >= 0.6 is 0 Å². The second-order valence-electron chi connectivity index (χ2n) is 4.78. The van der Waals surface area contributed by atoms with Gasteiger partial charge in [0.2, 0.25) is 5.91 Å². The van der Waals surface area contributed by atoms with Gasteiger partial charge in [0.15, 0.2) is 0 Å². The number of ether oxygens (including phenoxy) is 2. The Labute approximate surface area is 113 Å². The van der Waals surface area contributed by atoms with Crippen LogP contribution in [0.1, 0.15) is 19.3 Å². The lowest BCUT2D eigenvalue weighted by molar-refractivity contribution is -0.117. The van der Waals surface area contributed by atoms with Gasteiger partial charge in [-0.2, -0.15) is 0 Å². The molecule has 0 unspecified atom stereocenters. The van der Waals surface area contributed by atoms with Gasteiger partial charge in [0, 0.05) is 12.3 Å². The van der Waals surface area contributed by atoms with Gasteiger partial charge in [-0.15, -0.1) is 0 Å². The summed E-state index contributed by atoms with van der Waals surface area (Å²) in [6.07, 6.45) is 2.85. The van der Waals surface area contributed by atoms with E-state index in [1.807, 2.05) is 0 Å². The maximum atomic E-state index is 11.8. The normalized spacial score (nSPS) is 14.2. The average molecular weight is 264 g/mol. The smallest absolute Gasteiger partial charge is 0.226 e. The molecule has 0 spiro atoms. The number of amides is 1. The SMILES string of the molecule is COc1ccc(N)cc1NC(=O)CCOCC1CC1. The van der Waals surface area contributed by atoms with E-state index in [0.29, 0.717) is 30.2 Å². The highest BCUT2D eigenvalue weighted by Crippen LogP contribution is 2.29. The molecule has 1 amide bonds. The van der Waals surface area contributed by atoms with E-state index in [1.54, 1.807) is 25.3 Å². The Bertz CT molecular complexity index is 444. The summed E-state index contributed by atoms with van der Waals surface area (Å²) in [6, 6.07) is 5.14. The zero-order valence-electron chi connectivity index (χ0n) is 11.1. The summed E-state index contributed by atoms with van der Waals surface area (Å²) in [5, 5.41) is 2.78. The zero-order chi connectivity index (χ0) is 13.7. The molecule has 19 heavy (non-hydrogen) atoms. The number of nitrogens with two attached hydrogens (primary N) is 1. The highest BCUT2D eigenvalue weighted by molar-refractivity contribution is 5.92. The standard InChI is InChI=1S/C14H20N2O3/c1-18-13-5-4-11(15)8-12(13)16-14(17)6-7-19-9-10-2-3-10/h4-5,8,10H,2-3,6-7,9,15H2,1H3,(H,16,17). The number of anilines is 2. The van der Waals surface area contributed by atoms with Crippen LogP contribution in [0, 0.1) is 5.92 Å². The minimum atomic E-state index is -0.0975. The van der Waals surface area contributed by atoms with Crippen LogP contribution in [0.2, 0.25) is 0 Å². The first-order valence-electron chi connectivity index (χ1n) is 6.50. The highest BCUT2D eigenvalue weighted by Gasteiger charge is 2.21. The first-order chi connectivity index (χ1) is 9.19. The number of carbonyl (C=O) groups excluding carboxylic acids is 1. The van der Waals surface area contributed by atoms with Crippen molar-refractivity contribution in [2.75, 3.05) is 31.4 Å². The molecule has 1 fully saturated rings. The van der Waals surface area contributed by atoms with Gasteiger partial charge in [0.05, 0.1) is 25.8 Å². The number of carbonyl (C=O) groups is 1. The number of nitrogens with one attached hydrogen (secondary N) is 1. The summed E-state index contributed by atoms with van der Waals surface area (Å²) in [6.45, 7) is 1.22. The lowest BCUT2D eigenvalue weighted by Crippen LogP contribution is -2.15. The molecule has 3 N–H and O–H groups in total. The molecule has 0 saturated heterocycles. The van der Waals surface area contributed by atoms with Crippen molar-refractivity contribution in [3.8, 4) is 5.75 Å². The summed E-state index contributed by atoms with van der Waals surface area (Å²) in [5.41, 5.74) is 6.86. The molecule has 0 bridgehead atoms. The first kappa shape index (κ1) is 13.7. The Morgan fingerprint density at radius 2 is 2.26 bits per heavy atom. The molecule has 0 radical (unpaired) electrons. The maximum Gasteiger partial charge on any atom is 0.226 e. The molecule has 5 nitrogen and oxygen atoms in total. The summed E-state index contributed by atoms with van der Waals surface area (Å²) < 4.78 is 10.6. The maximum absolute atomic E-state index is 11.8. The van der Waals surface area contributed by atoms with Crippen molar-refractivity contribution in [2.24, 2.45) is 5.92 Å². The monoisotopic (exact) mass is 264 g/mol. The minimum Gasteiger partial charge on any atom is -0.495 e. The fourth-order valence-electron chi connectivity index (χ4n) is 1.74. The second-order valence-corrected chi connectivity index (χ2v) is 4.78. The number of benzene rings is 1. The molecule has 1 saturated carbocycles. The van der Waals surface area contributed by atoms with Crippen molar-refractivity contribution in [3.63, 3.8) is 0 Å². The Balaban J connectivity index is 1.78. The zero-order valence-corrected chi connectivity index (χ0v) is 11.1. The number of nitrogen functional groups attached to an aromatic ring is 1. The lowest BCUT2D eigenvalue weighted by Gasteiger charge is -2.11. The molecule has 0 heterocycles. The topological polar surface area (TPSA) is 73.6 Å². The largest absolute Gasteiger partial charge is 0.495 e. The van der Waals surface area contributed by atoms with Crippen molar-refractivity contribution in [1.29, 1.82) is 0 Å². The van der Waals surface area contributed by atoms with E-state index < -0.39 is 0 Å². The predicted molar refractivity (Wildman–Crippen MR) is 74.2 cm³/mol. The first-order valence-corrected chi connectivity index (χ1v) is 6.50. The Morgan fingerprint density at radius 1 is 1.47 bits per heavy atom. The molecular weight excluding hydrogens is 244 g/mol. The van der Waals surface area contributed by atoms with Crippen LogP contribution in [0.25, 0.3) is 0 Å². The summed E-state index contributed by atoms with van der Waals surface area (Å²) >= 11 is 0. The number of hydrogen-bond donors (Lipinski definition) is 2. The van der Waals surface area contributed by atoms with Gasteiger partial charge in [-0.1, -0.05) is 0 Å². The third-order valence-corrected chi connectivity index (χ3v) is 3.02. The van der Waals surface area contributed by atoms with Crippen LogP contribution in [-0.2, 0) is 9.53 Å². The number of methoxy groups -OCH3 is 1. The second kappa shape index (κ2) is 6.43. The Hall–Kier alpha value is -1.75. The van der Waals surface area contributed by atoms with Gasteiger partial charge in [0.1, 0.15) is 5.75 Å². The third-order valence-electron chi connectivity index (χ3n) is 3.02. The van der Waals surface area contributed by atoms with E-state index in [9.17, 15) is 4.79 Å². The van der Waals surface area contributed by atoms with Crippen molar-refractivity contribution in [2.45, 2.75) is 19.3 Å². The fourth-order valence-corrected chi connectivity index (χ4v) is 1.74. The molecule has 5 heteroatoms. The molecule has 0 atom stereocenters. The predicted octanol–water partition coefficient (Wildman–Crippen LogP) is 2.03. The molecule has 2 rings (SSSR count). The van der Waals surface area contributed by atoms with E-state index in [1.165, 1.54) is 12.8 Å². The van der Waals surface area contributed by atoms with E-state index in [4.69, 9.17) is 15.2 Å². The van der Waals surface area contributed by atoms with Gasteiger partial charge < -0.3 is 20.5 Å². The van der Waals surface area contributed by atoms with Gasteiger partial charge >= 0.3 is 0 Å². The van der Waals surface area contributed by atoms with Gasteiger partial charge in [-0.3, -0.25) is 4.79 Å². The highest BCUT2D eigenvalue weighted by atomic mass is 16.5. The van der Waals surface area contributed by atoms with Crippen molar-refractivity contribution in [3.05, 3.63) is 18.2 Å². The molecule has 1 aromatic carbocycles. The fraction of sp³-hybridized carbons (Fsp3) is 0.500. The van der Waals surface area contributed by atoms with Crippen LogP contribution < -0.4 is 15.8 Å². The molecule has 1 aromatic rings. The summed E-state index contributed by atoms with van der Waals surface area (Å²) in [7, 11) is 1.56. The van der Waals surface area contributed by atoms with Crippen molar-refractivity contribution >= 4 is 17.3 Å². The summed E-state index contributed by atoms with van der Waals surface area (Å²) in [5.74, 6) is 1.22. The van der Waals surface area contributed by atoms with E-state index in [2.05, 4.69) is 5.32 Å². The molecular formula is C14H20N2O3. The molecule has 104 valence electrons. The van der Waals surface area contributed by atoms with E-state index in [0.717, 1.165) is 12.5 Å². The number of rotatable bonds is 7. The van der Waals surface area contributed by atoms with Crippen LogP contribution in [0.5, 0.6) is 5.75 Å². The Morgan fingerprint density at radius 3 is 2.95 bits per heavy atom.